The van der Waals surface area contributed by atoms with E-state index in [1.807, 2.05) is 13.8 Å². The van der Waals surface area contributed by atoms with Gasteiger partial charge in [0.05, 0.1) is 29.3 Å². The maximum Gasteiger partial charge on any atom is 0.387 e. The zero-order valence-electron chi connectivity index (χ0n) is 16.0. The van der Waals surface area contributed by atoms with Crippen LogP contribution in [-0.4, -0.2) is 21.5 Å². The van der Waals surface area contributed by atoms with Crippen LogP contribution in [0.25, 0.3) is 0 Å². The molecular weight excluding hydrogens is 453 g/mol. The maximum absolute atomic E-state index is 12.6. The van der Waals surface area contributed by atoms with Crippen LogP contribution in [-0.2, 0) is 6.54 Å². The Kier molecular flexibility index (Phi) is 7.12. The first-order chi connectivity index (χ1) is 14.3. The van der Waals surface area contributed by atoms with Crippen molar-refractivity contribution in [1.82, 2.24) is 9.78 Å². The van der Waals surface area contributed by atoms with Gasteiger partial charge >= 0.3 is 6.61 Å². The second-order valence-electron chi connectivity index (χ2n) is 6.36. The Labute approximate surface area is 187 Å². The quantitative estimate of drug-likeness (QED) is 0.416. The molecule has 2 aromatic carbocycles. The summed E-state index contributed by atoms with van der Waals surface area (Å²) in [5.74, 6) is -0.00542. The molecule has 5 nitrogen and oxygen atoms in total. The average Bonchev–Trinajstić information content (AvgIpc) is 2.93. The monoisotopic (exact) mass is 470 g/mol. The van der Waals surface area contributed by atoms with Crippen molar-refractivity contribution < 1.29 is 13.5 Å². The number of ether oxygens (including phenoxy) is 1. The van der Waals surface area contributed by atoms with Gasteiger partial charge in [-0.05, 0) is 50.3 Å². The van der Waals surface area contributed by atoms with Crippen molar-refractivity contribution in [1.29, 1.82) is 0 Å². The number of benzene rings is 2. The molecule has 0 unspecified atom stereocenters. The highest BCUT2D eigenvalue weighted by Crippen LogP contribution is 2.29. The van der Waals surface area contributed by atoms with Gasteiger partial charge in [-0.1, -0.05) is 41.4 Å². The van der Waals surface area contributed by atoms with Gasteiger partial charge in [-0.25, -0.2) is 0 Å². The lowest BCUT2D eigenvalue weighted by Gasteiger charge is -2.14. The van der Waals surface area contributed by atoms with Gasteiger partial charge in [-0.3, -0.25) is 4.68 Å². The summed E-state index contributed by atoms with van der Waals surface area (Å²) in [7, 11) is 0. The minimum absolute atomic E-state index is 0.00542. The van der Waals surface area contributed by atoms with Gasteiger partial charge in [-0.2, -0.15) is 13.9 Å². The van der Waals surface area contributed by atoms with Gasteiger partial charge in [0, 0.05) is 15.6 Å². The Bertz CT molecular complexity index is 1050. The number of hydrogen-bond donors (Lipinski definition) is 2. The molecule has 0 amide bonds. The van der Waals surface area contributed by atoms with Gasteiger partial charge in [-0.15, -0.1) is 0 Å². The van der Waals surface area contributed by atoms with Gasteiger partial charge in [0.1, 0.15) is 5.75 Å². The molecule has 158 valence electrons. The molecule has 1 heterocycles. The minimum Gasteiger partial charge on any atom is -0.433 e. The van der Waals surface area contributed by atoms with Crippen LogP contribution in [0, 0.1) is 13.8 Å². The van der Waals surface area contributed by atoms with Crippen LogP contribution in [0.5, 0.6) is 5.75 Å². The molecule has 0 saturated heterocycles. The molecule has 0 aliphatic rings. The van der Waals surface area contributed by atoms with Crippen molar-refractivity contribution in [3.8, 4) is 5.75 Å². The molecule has 0 fully saturated rings. The summed E-state index contributed by atoms with van der Waals surface area (Å²) in [6.45, 7) is 1.16. The summed E-state index contributed by atoms with van der Waals surface area (Å²) in [5.41, 5.74) is 3.29. The summed E-state index contributed by atoms with van der Waals surface area (Å²) >= 11 is 17.9. The van der Waals surface area contributed by atoms with E-state index in [1.165, 1.54) is 6.07 Å². The molecule has 30 heavy (non-hydrogen) atoms. The number of rotatable bonds is 6. The van der Waals surface area contributed by atoms with Gasteiger partial charge in [0.15, 0.2) is 5.11 Å². The number of anilines is 2. The summed E-state index contributed by atoms with van der Waals surface area (Å²) in [6.07, 6.45) is 0. The van der Waals surface area contributed by atoms with E-state index >= 15 is 0 Å². The first-order valence-electron chi connectivity index (χ1n) is 8.85. The number of aryl methyl sites for hydroxylation is 1. The van der Waals surface area contributed by atoms with Crippen molar-refractivity contribution in [2.45, 2.75) is 27.0 Å². The van der Waals surface area contributed by atoms with Gasteiger partial charge < -0.3 is 15.4 Å². The predicted octanol–water partition coefficient (Wildman–Crippen LogP) is 6.27. The van der Waals surface area contributed by atoms with Crippen LogP contribution in [0.3, 0.4) is 0 Å². The zero-order valence-corrected chi connectivity index (χ0v) is 18.4. The smallest absolute Gasteiger partial charge is 0.387 e. The number of alkyl halides is 2. The molecule has 3 aromatic rings. The largest absolute Gasteiger partial charge is 0.433 e. The van der Waals surface area contributed by atoms with E-state index in [4.69, 9.17) is 35.4 Å². The van der Waals surface area contributed by atoms with Crippen molar-refractivity contribution in [2.24, 2.45) is 0 Å². The Morgan fingerprint density at radius 3 is 2.43 bits per heavy atom. The molecule has 0 saturated carbocycles. The normalized spacial score (nSPS) is 10.9. The van der Waals surface area contributed by atoms with Crippen molar-refractivity contribution >= 4 is 51.9 Å². The van der Waals surface area contributed by atoms with Crippen LogP contribution in [0.4, 0.5) is 20.2 Å². The van der Waals surface area contributed by atoms with E-state index in [-0.39, 0.29) is 10.9 Å². The molecule has 0 radical (unpaired) electrons. The molecule has 2 N–H and O–H groups in total. The molecule has 0 aliphatic carbocycles. The Hall–Kier alpha value is -2.42. The lowest BCUT2D eigenvalue weighted by atomic mass is 10.2. The van der Waals surface area contributed by atoms with Gasteiger partial charge in [0.2, 0.25) is 0 Å². The van der Waals surface area contributed by atoms with Crippen molar-refractivity contribution in [3.63, 3.8) is 0 Å². The first-order valence-corrected chi connectivity index (χ1v) is 10.0. The fraction of sp³-hybridized carbons (Fsp3) is 0.200. The fourth-order valence-corrected chi connectivity index (χ4v) is 3.63. The molecule has 0 atom stereocenters. The average molecular weight is 471 g/mol. The third kappa shape index (κ3) is 5.19. The number of halogens is 4. The van der Waals surface area contributed by atoms with Crippen LogP contribution in [0.1, 0.15) is 17.0 Å². The van der Waals surface area contributed by atoms with E-state index in [1.54, 1.807) is 41.1 Å². The predicted molar refractivity (Wildman–Crippen MR) is 120 cm³/mol. The highest BCUT2D eigenvalue weighted by molar-refractivity contribution is 7.80. The molecule has 1 aromatic heterocycles. The summed E-state index contributed by atoms with van der Waals surface area (Å²) < 4.78 is 31.5. The lowest BCUT2D eigenvalue weighted by Crippen LogP contribution is -2.20. The minimum atomic E-state index is -2.94. The number of nitrogens with one attached hydrogen (secondary N) is 2. The van der Waals surface area contributed by atoms with Crippen LogP contribution >= 0.6 is 35.4 Å². The Morgan fingerprint density at radius 2 is 1.77 bits per heavy atom. The third-order valence-corrected chi connectivity index (χ3v) is 5.25. The summed E-state index contributed by atoms with van der Waals surface area (Å²) in [6, 6.07) is 11.6. The second-order valence-corrected chi connectivity index (χ2v) is 7.58. The number of nitrogens with zero attached hydrogens (tertiary/aromatic N) is 2. The summed E-state index contributed by atoms with van der Waals surface area (Å²) in [5, 5.41) is 11.8. The Balaban J connectivity index is 1.77. The highest BCUT2D eigenvalue weighted by Gasteiger charge is 2.16. The first kappa shape index (κ1) is 22.3. The molecule has 0 spiro atoms. The SMILES string of the molecule is Cc1nn(Cc2c(Cl)cccc2Cl)c(C)c1NC(=S)Nc1ccccc1OC(F)F. The van der Waals surface area contributed by atoms with Crippen LogP contribution in [0.15, 0.2) is 42.5 Å². The number of hydrogen-bond acceptors (Lipinski definition) is 3. The van der Waals surface area contributed by atoms with E-state index in [2.05, 4.69) is 20.5 Å². The molecule has 3 rings (SSSR count). The maximum atomic E-state index is 12.6. The van der Waals surface area contributed by atoms with E-state index in [0.29, 0.717) is 33.7 Å². The third-order valence-electron chi connectivity index (χ3n) is 4.34. The van der Waals surface area contributed by atoms with Crippen LogP contribution < -0.4 is 15.4 Å². The number of aromatic nitrogens is 2. The highest BCUT2D eigenvalue weighted by atomic mass is 35.5. The van der Waals surface area contributed by atoms with E-state index in [9.17, 15) is 8.78 Å². The number of thiocarbonyl (C=S) groups is 1. The molecule has 0 bridgehead atoms. The topological polar surface area (TPSA) is 51.1 Å². The standard InChI is InChI=1S/C20H18Cl2F2N4OS/c1-11-18(12(2)28(27-11)10-13-14(21)6-5-7-15(13)22)26-20(30)25-16-8-3-4-9-17(16)29-19(23)24/h3-9,19H,10H2,1-2H3,(H2,25,26,30). The lowest BCUT2D eigenvalue weighted by molar-refractivity contribution is -0.0493. The Morgan fingerprint density at radius 1 is 1.10 bits per heavy atom. The fourth-order valence-electron chi connectivity index (χ4n) is 2.90. The van der Waals surface area contributed by atoms with Crippen LogP contribution in [0.2, 0.25) is 10.0 Å². The van der Waals surface area contributed by atoms with E-state index < -0.39 is 6.61 Å². The molecular formula is C20H18Cl2F2N4OS. The number of para-hydroxylation sites is 2. The van der Waals surface area contributed by atoms with E-state index in [0.717, 1.165) is 11.3 Å². The molecule has 10 heteroatoms. The second kappa shape index (κ2) is 9.59. The van der Waals surface area contributed by atoms with Crippen molar-refractivity contribution in [3.05, 3.63) is 69.5 Å². The zero-order chi connectivity index (χ0) is 21.8. The van der Waals surface area contributed by atoms with Crippen molar-refractivity contribution in [2.75, 3.05) is 10.6 Å². The van der Waals surface area contributed by atoms with Gasteiger partial charge in [0.25, 0.3) is 0 Å². The molecule has 0 aliphatic heterocycles. The summed E-state index contributed by atoms with van der Waals surface area (Å²) in [4.78, 5) is 0.